The highest BCUT2D eigenvalue weighted by molar-refractivity contribution is 6.22. The van der Waals surface area contributed by atoms with Crippen molar-refractivity contribution in [1.29, 1.82) is 0 Å². The first kappa shape index (κ1) is 72.6. The van der Waals surface area contributed by atoms with Gasteiger partial charge >= 0.3 is 0 Å². The quantitative estimate of drug-likeness (QED) is 0.0342. The van der Waals surface area contributed by atoms with Crippen LogP contribution in [0.5, 0.6) is 0 Å². The predicted octanol–water partition coefficient (Wildman–Crippen LogP) is 10.1. The van der Waals surface area contributed by atoms with E-state index in [4.69, 9.17) is 56.8 Å². The van der Waals surface area contributed by atoms with Crippen LogP contribution in [-0.4, -0.2) is 161 Å². The molecule has 9 aromatic rings. The first-order chi connectivity index (χ1) is 51.6. The van der Waals surface area contributed by atoms with Crippen molar-refractivity contribution in [2.75, 3.05) is 19.8 Å². The molecule has 4 amide bonds. The van der Waals surface area contributed by atoms with Crippen molar-refractivity contribution in [3.05, 3.63) is 322 Å². The van der Waals surface area contributed by atoms with Crippen molar-refractivity contribution < 1.29 is 91.3 Å². The fourth-order valence-electron chi connectivity index (χ4n) is 14.1. The standard InChI is InChI=1S/C84H82N2O19/c87-43-54-39-41-61(42-40-54)51-100-82-69(85-78(90)62-35-19-20-36-63(62)79(85)91)75(97-48-58-29-13-4-14-30-58)73(67(102-82)52-94-45-55-23-7-1-8-24-55)104-83-70(86-80(92)64-37-21-22-38-65(64)81(86)93)76(98-49-59-31-15-5-16-32-59)74(68(103-83)53-95-46-56-25-9-2-10-26-56)105-84-77(99-50-60-33-17-6-18-34-60)71(89)72(66(44-88)101-84)96-47-57-27-11-3-12-28-57/h1-42,66-77,82-84,87-89H,43-53H2/t66-,67-,68-,69-,70-,71+,72-,73-,74-,75-,76-,77+,82-,83+,84+/m1/s1. The molecule has 9 aromatic carbocycles. The summed E-state index contributed by atoms with van der Waals surface area (Å²) in [7, 11) is 0. The van der Waals surface area contributed by atoms with Gasteiger partial charge in [0.2, 0.25) is 0 Å². The molecule has 15 atom stereocenters. The second-order valence-electron chi connectivity index (χ2n) is 26.4. The average molecular weight is 1420 g/mol. The number of amides is 4. The molecule has 5 aliphatic rings. The van der Waals surface area contributed by atoms with Gasteiger partial charge < -0.3 is 72.2 Å². The topological polar surface area (TPSA) is 246 Å². The highest BCUT2D eigenvalue weighted by Crippen LogP contribution is 2.43. The van der Waals surface area contributed by atoms with Gasteiger partial charge in [-0.1, -0.05) is 231 Å². The number of aliphatic hydroxyl groups excluding tert-OH is 3. The maximum Gasteiger partial charge on any atom is 0.262 e. The van der Waals surface area contributed by atoms with Crippen LogP contribution in [0.2, 0.25) is 0 Å². The maximum atomic E-state index is 15.8. The fourth-order valence-corrected chi connectivity index (χ4v) is 14.1. The number of nitrogens with zero attached hydrogens (tertiary/aromatic N) is 2. The van der Waals surface area contributed by atoms with Crippen LogP contribution >= 0.6 is 0 Å². The van der Waals surface area contributed by atoms with E-state index < -0.39 is 122 Å². The lowest BCUT2D eigenvalue weighted by molar-refractivity contribution is -0.377. The van der Waals surface area contributed by atoms with E-state index in [1.165, 1.54) is 0 Å². The SMILES string of the molecule is O=C1c2ccccc2C(=O)N1[C@H]1[C@H](O[C@H]2[C@H](OCc3ccccc3)[C@@H](N3C(=O)c4ccccc4C3=O)[C@H](OCc3ccc(CO)cc3)O[C@@H]2COCc2ccccc2)O[C@H](COCc2ccccc2)[C@@H](O[C@@H]2O[C@H](CO)[C@@H](OCc3ccccc3)[C@H](O)[C@@H]2OCc2ccccc2)[C@@H]1OCc1ccccc1. The van der Waals surface area contributed by atoms with Gasteiger partial charge in [0.05, 0.1) is 94.9 Å². The molecule has 14 rings (SSSR count). The first-order valence-corrected chi connectivity index (χ1v) is 35.2. The summed E-state index contributed by atoms with van der Waals surface area (Å²) >= 11 is 0. The van der Waals surface area contributed by atoms with Crippen molar-refractivity contribution >= 4 is 23.6 Å². The van der Waals surface area contributed by atoms with E-state index in [0.29, 0.717) is 22.3 Å². The Labute approximate surface area is 608 Å². The minimum absolute atomic E-state index is 0.0345. The summed E-state index contributed by atoms with van der Waals surface area (Å²) in [6.07, 6.45) is -18.8. The Balaban J connectivity index is 0.922. The fraction of sp³-hybridized carbons (Fsp3) is 0.310. The van der Waals surface area contributed by atoms with Crippen molar-refractivity contribution in [2.45, 2.75) is 145 Å². The molecular formula is C84H82N2O19. The largest absolute Gasteiger partial charge is 0.394 e. The molecule has 5 heterocycles. The third kappa shape index (κ3) is 16.8. The van der Waals surface area contributed by atoms with E-state index in [2.05, 4.69) is 0 Å². The van der Waals surface area contributed by atoms with Crippen molar-refractivity contribution in [3.8, 4) is 0 Å². The van der Waals surface area contributed by atoms with Crippen LogP contribution in [0.3, 0.4) is 0 Å². The predicted molar refractivity (Wildman–Crippen MR) is 380 cm³/mol. The first-order valence-electron chi connectivity index (χ1n) is 35.2. The van der Waals surface area contributed by atoms with Crippen molar-refractivity contribution in [3.63, 3.8) is 0 Å². The van der Waals surface area contributed by atoms with Crippen molar-refractivity contribution in [1.82, 2.24) is 9.80 Å². The number of fused-ring (bicyclic) bond motifs is 2. The Morgan fingerprint density at radius 1 is 0.295 bits per heavy atom. The summed E-state index contributed by atoms with van der Waals surface area (Å²) in [5.41, 5.74) is 6.25. The van der Waals surface area contributed by atoms with Gasteiger partial charge in [0.1, 0.15) is 73.1 Å². The lowest BCUT2D eigenvalue weighted by Gasteiger charge is -2.53. The van der Waals surface area contributed by atoms with Gasteiger partial charge in [0.15, 0.2) is 18.9 Å². The highest BCUT2D eigenvalue weighted by atomic mass is 16.8. The number of carbonyl (C=O) groups is 4. The zero-order chi connectivity index (χ0) is 72.0. The third-order valence-electron chi connectivity index (χ3n) is 19.4. The van der Waals surface area contributed by atoms with Gasteiger partial charge in [-0.05, 0) is 68.8 Å². The number of aliphatic hydroxyl groups is 3. The second-order valence-corrected chi connectivity index (χ2v) is 26.4. The van der Waals surface area contributed by atoms with Crippen LogP contribution in [0.15, 0.2) is 255 Å². The Kier molecular flexibility index (Phi) is 24.0. The van der Waals surface area contributed by atoms with Crippen LogP contribution < -0.4 is 0 Å². The van der Waals surface area contributed by atoms with E-state index in [1.807, 2.05) is 182 Å². The Morgan fingerprint density at radius 2 is 0.590 bits per heavy atom. The third-order valence-corrected chi connectivity index (χ3v) is 19.4. The molecular weight excluding hydrogens is 1340 g/mol. The monoisotopic (exact) mass is 1420 g/mol. The molecule has 5 aliphatic heterocycles. The van der Waals surface area contributed by atoms with Gasteiger partial charge in [-0.3, -0.25) is 29.0 Å². The lowest BCUT2D eigenvalue weighted by atomic mass is 9.92. The summed E-state index contributed by atoms with van der Waals surface area (Å²) in [5, 5.41) is 34.2. The minimum atomic E-state index is -1.81. The van der Waals surface area contributed by atoms with Gasteiger partial charge in [0.25, 0.3) is 23.6 Å². The molecule has 21 nitrogen and oxygen atoms in total. The van der Waals surface area contributed by atoms with E-state index >= 15 is 19.2 Å². The highest BCUT2D eigenvalue weighted by Gasteiger charge is 2.61. The normalized spacial score (nSPS) is 25.9. The number of hydrogen-bond donors (Lipinski definition) is 3. The molecule has 0 radical (unpaired) electrons. The summed E-state index contributed by atoms with van der Waals surface area (Å²) < 4.78 is 84.7. The van der Waals surface area contributed by atoms with Crippen LogP contribution in [0, 0.1) is 0 Å². The Bertz CT molecular complexity index is 4230. The van der Waals surface area contributed by atoms with Gasteiger partial charge in [-0.2, -0.15) is 0 Å². The van der Waals surface area contributed by atoms with E-state index in [9.17, 15) is 15.3 Å². The van der Waals surface area contributed by atoms with Crippen LogP contribution in [0.4, 0.5) is 0 Å². The minimum Gasteiger partial charge on any atom is -0.394 e. The van der Waals surface area contributed by atoms with Gasteiger partial charge in [0, 0.05) is 0 Å². The molecule has 0 spiro atoms. The van der Waals surface area contributed by atoms with Gasteiger partial charge in [-0.15, -0.1) is 0 Å². The number of benzene rings is 9. The zero-order valence-corrected chi connectivity index (χ0v) is 57.5. The van der Waals surface area contributed by atoms with E-state index in [1.54, 1.807) is 72.8 Å². The lowest BCUT2D eigenvalue weighted by Crippen LogP contribution is -2.71. The van der Waals surface area contributed by atoms with Gasteiger partial charge in [-0.25, -0.2) is 0 Å². The molecule has 3 fully saturated rings. The summed E-state index contributed by atoms with van der Waals surface area (Å²) in [5.74, 6) is -2.81. The zero-order valence-electron chi connectivity index (χ0n) is 57.5. The molecule has 0 aliphatic carbocycles. The number of carbonyl (C=O) groups excluding carboxylic acids is 4. The van der Waals surface area contributed by atoms with E-state index in [0.717, 1.165) is 32.1 Å². The smallest absolute Gasteiger partial charge is 0.262 e. The number of ether oxygens (including phenoxy) is 12. The molecule has 21 heteroatoms. The molecule has 0 unspecified atom stereocenters. The number of rotatable bonds is 31. The second kappa shape index (κ2) is 34.7. The number of hydrogen-bond acceptors (Lipinski definition) is 19. The maximum absolute atomic E-state index is 15.8. The molecule has 0 aromatic heterocycles. The molecule has 0 bridgehead atoms. The van der Waals surface area contributed by atoms with Crippen LogP contribution in [0.25, 0.3) is 0 Å². The molecule has 0 saturated carbocycles. The Morgan fingerprint density at radius 3 is 0.971 bits per heavy atom. The number of imide groups is 2. The van der Waals surface area contributed by atoms with E-state index in [-0.39, 0.29) is 88.3 Å². The van der Waals surface area contributed by atoms with Crippen molar-refractivity contribution in [2.24, 2.45) is 0 Å². The molecule has 3 saturated heterocycles. The summed E-state index contributed by atoms with van der Waals surface area (Å²) in [4.78, 5) is 64.4. The Hall–Kier alpha value is -9.34. The molecule has 542 valence electrons. The van der Waals surface area contributed by atoms with Crippen LogP contribution in [0.1, 0.15) is 85.9 Å². The molecule has 105 heavy (non-hydrogen) atoms. The average Bonchev–Trinajstić information content (AvgIpc) is 1.70. The van der Waals surface area contributed by atoms with Crippen LogP contribution in [-0.2, 0) is 110 Å². The molecule has 3 N–H and O–H groups in total. The summed E-state index contributed by atoms with van der Waals surface area (Å²) in [6.45, 7) is -1.72. The summed E-state index contributed by atoms with van der Waals surface area (Å²) in [6, 6.07) is 72.9.